The fourth-order valence-corrected chi connectivity index (χ4v) is 2.00. The summed E-state index contributed by atoms with van der Waals surface area (Å²) < 4.78 is 5.72. The van der Waals surface area contributed by atoms with Gasteiger partial charge in [0, 0.05) is 11.1 Å². The predicted molar refractivity (Wildman–Crippen MR) is 91.3 cm³/mol. The van der Waals surface area contributed by atoms with E-state index in [0.29, 0.717) is 35.1 Å². The molecule has 0 unspecified atom stereocenters. The molecule has 2 rings (SSSR count). The number of amides is 1. The molecule has 0 fully saturated rings. The zero-order chi connectivity index (χ0) is 16.8. The van der Waals surface area contributed by atoms with Crippen LogP contribution in [0.25, 0.3) is 0 Å². The van der Waals surface area contributed by atoms with Crippen molar-refractivity contribution >= 4 is 17.9 Å². The summed E-state index contributed by atoms with van der Waals surface area (Å²) in [5.41, 5.74) is 2.63. The van der Waals surface area contributed by atoms with E-state index in [0.717, 1.165) is 11.8 Å². The first-order valence-corrected chi connectivity index (χ1v) is 7.59. The number of carbonyl (C=O) groups excluding carboxylic acids is 2. The van der Waals surface area contributed by atoms with Crippen molar-refractivity contribution in [2.45, 2.75) is 20.8 Å². The van der Waals surface area contributed by atoms with Gasteiger partial charge in [0.2, 0.25) is 0 Å². The zero-order valence-electron chi connectivity index (χ0n) is 13.6. The fraction of sp³-hybridized carbons (Fsp3) is 0.263. The molecule has 0 heterocycles. The van der Waals surface area contributed by atoms with E-state index >= 15 is 0 Å². The molecule has 0 radical (unpaired) electrons. The Morgan fingerprint density at radius 3 is 2.48 bits per heavy atom. The van der Waals surface area contributed by atoms with Gasteiger partial charge in [-0.25, -0.2) is 0 Å². The maximum absolute atomic E-state index is 12.4. The van der Waals surface area contributed by atoms with Crippen molar-refractivity contribution in [3.8, 4) is 5.75 Å². The average Bonchev–Trinajstić information content (AvgIpc) is 2.54. The lowest BCUT2D eigenvalue weighted by Crippen LogP contribution is -2.14. The first-order chi connectivity index (χ1) is 11.0. The molecule has 0 aromatic heterocycles. The summed E-state index contributed by atoms with van der Waals surface area (Å²) >= 11 is 0. The summed E-state index contributed by atoms with van der Waals surface area (Å²) in [6.07, 6.45) is 0.744. The van der Waals surface area contributed by atoms with Crippen LogP contribution in [0.15, 0.2) is 42.5 Å². The number of carbonyl (C=O) groups is 2. The van der Waals surface area contributed by atoms with Crippen molar-refractivity contribution in [2.24, 2.45) is 5.92 Å². The van der Waals surface area contributed by atoms with E-state index in [1.807, 2.05) is 32.9 Å². The van der Waals surface area contributed by atoms with Crippen LogP contribution in [0.4, 0.5) is 5.69 Å². The number of anilines is 1. The molecule has 0 saturated carbocycles. The third-order valence-electron chi connectivity index (χ3n) is 3.27. The molecule has 0 aliphatic carbocycles. The Balaban J connectivity index is 2.23. The minimum atomic E-state index is -0.234. The maximum Gasteiger partial charge on any atom is 0.255 e. The number of benzene rings is 2. The minimum Gasteiger partial charge on any atom is -0.491 e. The van der Waals surface area contributed by atoms with E-state index in [1.165, 1.54) is 0 Å². The van der Waals surface area contributed by atoms with E-state index in [1.54, 1.807) is 30.3 Å². The van der Waals surface area contributed by atoms with E-state index in [-0.39, 0.29) is 5.91 Å². The third kappa shape index (κ3) is 4.68. The summed E-state index contributed by atoms with van der Waals surface area (Å²) in [4.78, 5) is 23.3. The van der Waals surface area contributed by atoms with Gasteiger partial charge >= 0.3 is 0 Å². The van der Waals surface area contributed by atoms with Gasteiger partial charge in [0.25, 0.3) is 5.91 Å². The van der Waals surface area contributed by atoms with Crippen molar-refractivity contribution in [2.75, 3.05) is 11.9 Å². The zero-order valence-corrected chi connectivity index (χ0v) is 13.6. The highest BCUT2D eigenvalue weighted by Crippen LogP contribution is 2.26. The molecule has 1 amide bonds. The lowest BCUT2D eigenvalue weighted by atomic mass is 10.1. The van der Waals surface area contributed by atoms with E-state index in [9.17, 15) is 9.59 Å². The molecule has 4 nitrogen and oxygen atoms in total. The normalized spacial score (nSPS) is 10.4. The Labute approximate surface area is 136 Å². The SMILES string of the molecule is Cc1ccc(C(=O)Nc2cc(C=O)ccc2OCC(C)C)cc1. The number of nitrogens with one attached hydrogen (secondary N) is 1. The molecule has 0 aliphatic rings. The number of aldehydes is 1. The van der Waals surface area contributed by atoms with E-state index in [4.69, 9.17) is 4.74 Å². The van der Waals surface area contributed by atoms with Crippen LogP contribution in [-0.2, 0) is 0 Å². The molecule has 0 aliphatic heterocycles. The second-order valence-electron chi connectivity index (χ2n) is 5.90. The summed E-state index contributed by atoms with van der Waals surface area (Å²) in [5.74, 6) is 0.689. The molecule has 0 saturated heterocycles. The minimum absolute atomic E-state index is 0.234. The highest BCUT2D eigenvalue weighted by molar-refractivity contribution is 6.05. The number of rotatable bonds is 6. The van der Waals surface area contributed by atoms with Gasteiger partial charge in [-0.3, -0.25) is 9.59 Å². The fourth-order valence-electron chi connectivity index (χ4n) is 2.00. The molecule has 120 valence electrons. The molecule has 23 heavy (non-hydrogen) atoms. The lowest BCUT2D eigenvalue weighted by Gasteiger charge is -2.14. The van der Waals surface area contributed by atoms with Crippen molar-refractivity contribution in [1.82, 2.24) is 0 Å². The van der Waals surface area contributed by atoms with Crippen LogP contribution in [0.2, 0.25) is 0 Å². The number of aryl methyl sites for hydroxylation is 1. The molecule has 0 bridgehead atoms. The molecule has 0 atom stereocenters. The average molecular weight is 311 g/mol. The van der Waals surface area contributed by atoms with Gasteiger partial charge < -0.3 is 10.1 Å². The Kier molecular flexibility index (Phi) is 5.52. The lowest BCUT2D eigenvalue weighted by molar-refractivity contribution is 0.102. The van der Waals surface area contributed by atoms with Crippen LogP contribution in [-0.4, -0.2) is 18.8 Å². The number of ether oxygens (including phenoxy) is 1. The number of hydrogen-bond donors (Lipinski definition) is 1. The molecular formula is C19H21NO3. The Morgan fingerprint density at radius 1 is 1.17 bits per heavy atom. The summed E-state index contributed by atoms with van der Waals surface area (Å²) in [5, 5.41) is 2.82. The van der Waals surface area contributed by atoms with E-state index in [2.05, 4.69) is 5.32 Å². The number of hydrogen-bond acceptors (Lipinski definition) is 3. The third-order valence-corrected chi connectivity index (χ3v) is 3.27. The van der Waals surface area contributed by atoms with Crippen LogP contribution < -0.4 is 10.1 Å². The van der Waals surface area contributed by atoms with Crippen molar-refractivity contribution in [3.05, 3.63) is 59.2 Å². The van der Waals surface area contributed by atoms with Crippen LogP contribution in [0.3, 0.4) is 0 Å². The molecule has 1 N–H and O–H groups in total. The quantitative estimate of drug-likeness (QED) is 0.817. The summed E-state index contributed by atoms with van der Waals surface area (Å²) in [7, 11) is 0. The Hall–Kier alpha value is -2.62. The van der Waals surface area contributed by atoms with Gasteiger partial charge in [-0.2, -0.15) is 0 Å². The molecule has 2 aromatic rings. The van der Waals surface area contributed by atoms with Gasteiger partial charge in [-0.1, -0.05) is 31.5 Å². The Morgan fingerprint density at radius 2 is 1.87 bits per heavy atom. The second kappa shape index (κ2) is 7.58. The first-order valence-electron chi connectivity index (χ1n) is 7.59. The predicted octanol–water partition coefficient (Wildman–Crippen LogP) is 4.09. The topological polar surface area (TPSA) is 55.4 Å². The first kappa shape index (κ1) is 16.7. The standard InChI is InChI=1S/C19H21NO3/c1-13(2)12-23-18-9-6-15(11-21)10-17(18)20-19(22)16-7-4-14(3)5-8-16/h4-11,13H,12H2,1-3H3,(H,20,22). The highest BCUT2D eigenvalue weighted by atomic mass is 16.5. The highest BCUT2D eigenvalue weighted by Gasteiger charge is 2.11. The maximum atomic E-state index is 12.4. The van der Waals surface area contributed by atoms with Gasteiger partial charge in [0.05, 0.1) is 12.3 Å². The van der Waals surface area contributed by atoms with Crippen LogP contribution in [0.1, 0.15) is 40.1 Å². The molecular weight excluding hydrogens is 290 g/mol. The summed E-state index contributed by atoms with van der Waals surface area (Å²) in [6, 6.07) is 12.3. The van der Waals surface area contributed by atoms with Crippen molar-refractivity contribution < 1.29 is 14.3 Å². The van der Waals surface area contributed by atoms with Gasteiger partial charge in [0.1, 0.15) is 12.0 Å². The molecule has 4 heteroatoms. The van der Waals surface area contributed by atoms with E-state index < -0.39 is 0 Å². The van der Waals surface area contributed by atoms with Crippen LogP contribution in [0.5, 0.6) is 5.75 Å². The van der Waals surface area contributed by atoms with Gasteiger partial charge in [-0.15, -0.1) is 0 Å². The summed E-state index contributed by atoms with van der Waals surface area (Å²) in [6.45, 7) is 6.59. The van der Waals surface area contributed by atoms with Crippen molar-refractivity contribution in [3.63, 3.8) is 0 Å². The van der Waals surface area contributed by atoms with Gasteiger partial charge in [0.15, 0.2) is 0 Å². The monoisotopic (exact) mass is 311 g/mol. The van der Waals surface area contributed by atoms with Gasteiger partial charge in [-0.05, 0) is 43.2 Å². The molecule has 2 aromatic carbocycles. The molecule has 0 spiro atoms. The largest absolute Gasteiger partial charge is 0.491 e. The van der Waals surface area contributed by atoms with Crippen LogP contribution >= 0.6 is 0 Å². The van der Waals surface area contributed by atoms with Crippen LogP contribution in [0, 0.1) is 12.8 Å². The van der Waals surface area contributed by atoms with Crippen molar-refractivity contribution in [1.29, 1.82) is 0 Å². The second-order valence-corrected chi connectivity index (χ2v) is 5.90. The smallest absolute Gasteiger partial charge is 0.255 e. The Bertz CT molecular complexity index is 690.